The highest BCUT2D eigenvalue weighted by Gasteiger charge is 2.06. The number of hydrogen-bond donors (Lipinski definition) is 1. The number of nitrogens with zero attached hydrogens (tertiary/aromatic N) is 2. The van der Waals surface area contributed by atoms with E-state index < -0.39 is 0 Å². The van der Waals surface area contributed by atoms with Gasteiger partial charge in [-0.2, -0.15) is 0 Å². The first-order valence-electron chi connectivity index (χ1n) is 6.17. The number of aromatic nitrogens is 2. The zero-order chi connectivity index (χ0) is 13.8. The lowest BCUT2D eigenvalue weighted by Gasteiger charge is -2.06. The number of hydrogen-bond acceptors (Lipinski definition) is 5. The van der Waals surface area contributed by atoms with Crippen molar-refractivity contribution < 1.29 is 9.15 Å². The Bertz CT molecular complexity index is 678. The Labute approximate surface area is 116 Å². The van der Waals surface area contributed by atoms with Crippen LogP contribution in [0.4, 0.5) is 6.01 Å². The topological polar surface area (TPSA) is 74.2 Å². The van der Waals surface area contributed by atoms with Crippen LogP contribution in [0.2, 0.25) is 0 Å². The Morgan fingerprint density at radius 1 is 0.950 bits per heavy atom. The molecule has 0 radical (unpaired) electrons. The van der Waals surface area contributed by atoms with Gasteiger partial charge in [-0.05, 0) is 29.8 Å². The monoisotopic (exact) mass is 267 g/mol. The summed E-state index contributed by atoms with van der Waals surface area (Å²) < 4.78 is 10.8. The van der Waals surface area contributed by atoms with Crippen LogP contribution in [0.5, 0.6) is 5.75 Å². The van der Waals surface area contributed by atoms with Crippen molar-refractivity contribution in [3.8, 4) is 17.2 Å². The van der Waals surface area contributed by atoms with E-state index in [0.29, 0.717) is 12.5 Å². The van der Waals surface area contributed by atoms with Crippen molar-refractivity contribution >= 4 is 6.01 Å². The van der Waals surface area contributed by atoms with Gasteiger partial charge in [0, 0.05) is 5.56 Å². The van der Waals surface area contributed by atoms with Gasteiger partial charge in [0.15, 0.2) is 0 Å². The molecule has 0 bridgehead atoms. The maximum absolute atomic E-state index is 5.67. The van der Waals surface area contributed by atoms with Crippen LogP contribution in [0.3, 0.4) is 0 Å². The molecule has 100 valence electrons. The van der Waals surface area contributed by atoms with Gasteiger partial charge in [0.25, 0.3) is 0 Å². The van der Waals surface area contributed by atoms with Gasteiger partial charge < -0.3 is 14.9 Å². The molecule has 0 saturated carbocycles. The number of anilines is 1. The van der Waals surface area contributed by atoms with E-state index in [2.05, 4.69) is 10.2 Å². The van der Waals surface area contributed by atoms with Gasteiger partial charge in [-0.1, -0.05) is 35.4 Å². The lowest BCUT2D eigenvalue weighted by atomic mass is 10.1. The average Bonchev–Trinajstić information content (AvgIpc) is 2.93. The summed E-state index contributed by atoms with van der Waals surface area (Å²) in [6, 6.07) is 17.5. The smallest absolute Gasteiger partial charge is 0.313 e. The maximum Gasteiger partial charge on any atom is 0.313 e. The van der Waals surface area contributed by atoms with E-state index in [9.17, 15) is 0 Å². The van der Waals surface area contributed by atoms with Crippen LogP contribution in [-0.2, 0) is 6.61 Å². The number of ether oxygens (including phenoxy) is 1. The molecule has 0 saturated heterocycles. The Hall–Kier alpha value is -2.82. The summed E-state index contributed by atoms with van der Waals surface area (Å²) in [7, 11) is 0. The van der Waals surface area contributed by atoms with E-state index in [-0.39, 0.29) is 6.01 Å². The highest BCUT2D eigenvalue weighted by molar-refractivity contribution is 5.53. The molecule has 0 aliphatic rings. The lowest BCUT2D eigenvalue weighted by Crippen LogP contribution is -1.94. The maximum atomic E-state index is 5.67. The van der Waals surface area contributed by atoms with Crippen molar-refractivity contribution in [2.45, 2.75) is 6.61 Å². The van der Waals surface area contributed by atoms with Crippen LogP contribution in [0.15, 0.2) is 59.0 Å². The molecule has 1 aromatic heterocycles. The summed E-state index contributed by atoms with van der Waals surface area (Å²) >= 11 is 0. The predicted octanol–water partition coefficient (Wildman–Crippen LogP) is 2.90. The molecule has 0 atom stereocenters. The molecule has 5 nitrogen and oxygen atoms in total. The number of nitrogens with two attached hydrogens (primary N) is 1. The zero-order valence-electron chi connectivity index (χ0n) is 10.7. The summed E-state index contributed by atoms with van der Waals surface area (Å²) in [4.78, 5) is 0. The van der Waals surface area contributed by atoms with E-state index in [4.69, 9.17) is 14.9 Å². The van der Waals surface area contributed by atoms with Crippen LogP contribution >= 0.6 is 0 Å². The van der Waals surface area contributed by atoms with Gasteiger partial charge in [0.1, 0.15) is 12.4 Å². The normalized spacial score (nSPS) is 10.4. The highest BCUT2D eigenvalue weighted by atomic mass is 16.5. The second kappa shape index (κ2) is 5.44. The van der Waals surface area contributed by atoms with Crippen LogP contribution in [-0.4, -0.2) is 10.2 Å². The lowest BCUT2D eigenvalue weighted by molar-refractivity contribution is 0.306. The first kappa shape index (κ1) is 12.2. The second-order valence-electron chi connectivity index (χ2n) is 4.24. The van der Waals surface area contributed by atoms with Crippen LogP contribution in [0.1, 0.15) is 5.56 Å². The minimum Gasteiger partial charge on any atom is -0.489 e. The van der Waals surface area contributed by atoms with E-state index in [1.807, 2.05) is 54.6 Å². The standard InChI is InChI=1S/C15H13N3O2/c16-15-18-17-14(20-15)12-8-6-11(7-9-12)10-19-13-4-2-1-3-5-13/h1-9H,10H2,(H2,16,18). The van der Waals surface area contributed by atoms with Gasteiger partial charge in [-0.25, -0.2) is 0 Å². The van der Waals surface area contributed by atoms with Crippen LogP contribution < -0.4 is 10.5 Å². The Balaban J connectivity index is 1.67. The zero-order valence-corrected chi connectivity index (χ0v) is 10.7. The second-order valence-corrected chi connectivity index (χ2v) is 4.24. The molecule has 0 amide bonds. The minimum atomic E-state index is 0.0662. The van der Waals surface area contributed by atoms with Gasteiger partial charge in [-0.15, -0.1) is 5.10 Å². The third-order valence-electron chi connectivity index (χ3n) is 2.79. The molecular weight excluding hydrogens is 254 g/mol. The SMILES string of the molecule is Nc1nnc(-c2ccc(COc3ccccc3)cc2)o1. The molecule has 0 unspecified atom stereocenters. The molecule has 3 aromatic rings. The van der Waals surface area contributed by atoms with Gasteiger partial charge in [0.2, 0.25) is 5.89 Å². The molecule has 0 spiro atoms. The van der Waals surface area contributed by atoms with Crippen molar-refractivity contribution in [3.63, 3.8) is 0 Å². The summed E-state index contributed by atoms with van der Waals surface area (Å²) in [5.41, 5.74) is 7.29. The van der Waals surface area contributed by atoms with Crippen LogP contribution in [0.25, 0.3) is 11.5 Å². The third kappa shape index (κ3) is 2.77. The predicted molar refractivity (Wildman–Crippen MR) is 74.9 cm³/mol. The van der Waals surface area contributed by atoms with Crippen molar-refractivity contribution in [3.05, 3.63) is 60.2 Å². The summed E-state index contributed by atoms with van der Waals surface area (Å²) in [6.45, 7) is 0.510. The fourth-order valence-electron chi connectivity index (χ4n) is 1.78. The Morgan fingerprint density at radius 2 is 1.70 bits per heavy atom. The number of benzene rings is 2. The molecule has 0 aliphatic heterocycles. The average molecular weight is 267 g/mol. The largest absolute Gasteiger partial charge is 0.489 e. The fraction of sp³-hybridized carbons (Fsp3) is 0.0667. The van der Waals surface area contributed by atoms with Crippen LogP contribution in [0, 0.1) is 0 Å². The molecule has 3 rings (SSSR count). The van der Waals surface area contributed by atoms with E-state index in [1.165, 1.54) is 0 Å². The van der Waals surface area contributed by atoms with E-state index >= 15 is 0 Å². The first-order chi connectivity index (χ1) is 9.81. The van der Waals surface area contributed by atoms with Gasteiger partial charge in [0.05, 0.1) is 0 Å². The van der Waals surface area contributed by atoms with E-state index in [1.54, 1.807) is 0 Å². The fourth-order valence-corrected chi connectivity index (χ4v) is 1.78. The molecular formula is C15H13N3O2. The van der Waals surface area contributed by atoms with Crippen molar-refractivity contribution in [1.29, 1.82) is 0 Å². The number of nitrogen functional groups attached to an aromatic ring is 1. The van der Waals surface area contributed by atoms with Crippen molar-refractivity contribution in [2.24, 2.45) is 0 Å². The summed E-state index contributed by atoms with van der Waals surface area (Å²) in [5, 5.41) is 7.46. The number of para-hydroxylation sites is 1. The quantitative estimate of drug-likeness (QED) is 0.786. The third-order valence-corrected chi connectivity index (χ3v) is 2.79. The van der Waals surface area contributed by atoms with Crippen molar-refractivity contribution in [1.82, 2.24) is 10.2 Å². The summed E-state index contributed by atoms with van der Waals surface area (Å²) in [5.74, 6) is 1.26. The molecule has 2 aromatic carbocycles. The first-order valence-corrected chi connectivity index (χ1v) is 6.17. The summed E-state index contributed by atoms with van der Waals surface area (Å²) in [6.07, 6.45) is 0. The Kier molecular flexibility index (Phi) is 3.33. The molecule has 0 fully saturated rings. The molecule has 20 heavy (non-hydrogen) atoms. The molecule has 5 heteroatoms. The minimum absolute atomic E-state index is 0.0662. The molecule has 2 N–H and O–H groups in total. The molecule has 0 aliphatic carbocycles. The highest BCUT2D eigenvalue weighted by Crippen LogP contribution is 2.19. The number of rotatable bonds is 4. The Morgan fingerprint density at radius 3 is 2.35 bits per heavy atom. The molecule has 1 heterocycles. The van der Waals surface area contributed by atoms with Crippen molar-refractivity contribution in [2.75, 3.05) is 5.73 Å². The van der Waals surface area contributed by atoms with Gasteiger partial charge in [-0.3, -0.25) is 0 Å². The van der Waals surface area contributed by atoms with Gasteiger partial charge >= 0.3 is 6.01 Å². The van der Waals surface area contributed by atoms with E-state index in [0.717, 1.165) is 16.9 Å².